The molecule has 1 aliphatic rings. The Hall–Kier alpha value is -3.48. The van der Waals surface area contributed by atoms with Crippen molar-refractivity contribution in [3.05, 3.63) is 71.8 Å². The number of carbonyl (C=O) groups is 1. The molecular weight excluding hydrogens is 542 g/mol. The molecule has 196 valence electrons. The van der Waals surface area contributed by atoms with Crippen molar-refractivity contribution < 1.29 is 31.1 Å². The van der Waals surface area contributed by atoms with Crippen LogP contribution in [0.1, 0.15) is 6.92 Å². The molecule has 1 atom stereocenters. The van der Waals surface area contributed by atoms with Gasteiger partial charge in [0.15, 0.2) is 6.10 Å². The molecule has 3 aromatic rings. The van der Waals surface area contributed by atoms with E-state index in [0.717, 1.165) is 10.6 Å². The molecule has 1 heterocycles. The molecule has 13 heteroatoms. The van der Waals surface area contributed by atoms with Crippen molar-refractivity contribution in [1.29, 1.82) is 0 Å². The van der Waals surface area contributed by atoms with E-state index in [1.165, 1.54) is 42.5 Å². The molecule has 0 aromatic heterocycles. The lowest BCUT2D eigenvalue weighted by atomic mass is 10.2. The number of ether oxygens (including phenoxy) is 2. The van der Waals surface area contributed by atoms with Crippen LogP contribution in [0.15, 0.2) is 71.6 Å². The fraction of sp³-hybridized carbons (Fsp3) is 0.208. The molecular formula is C24H24ClN3O7S2. The van der Waals surface area contributed by atoms with E-state index in [9.17, 15) is 21.6 Å². The second-order valence-electron chi connectivity index (χ2n) is 8.09. The summed E-state index contributed by atoms with van der Waals surface area (Å²) < 4.78 is 64.7. The summed E-state index contributed by atoms with van der Waals surface area (Å²) in [5.41, 5.74) is 0.919. The van der Waals surface area contributed by atoms with Crippen molar-refractivity contribution in [3.63, 3.8) is 0 Å². The van der Waals surface area contributed by atoms with Crippen LogP contribution in [0.3, 0.4) is 0 Å². The Bertz CT molecular complexity index is 1510. The second-order valence-corrected chi connectivity index (χ2v) is 12.1. The Morgan fingerprint density at radius 2 is 1.68 bits per heavy atom. The minimum atomic E-state index is -3.88. The monoisotopic (exact) mass is 565 g/mol. The van der Waals surface area contributed by atoms with E-state index in [1.807, 2.05) is 6.92 Å². The van der Waals surface area contributed by atoms with Gasteiger partial charge in [0.25, 0.3) is 15.9 Å². The Kier molecular flexibility index (Phi) is 7.53. The van der Waals surface area contributed by atoms with Gasteiger partial charge in [-0.15, -0.1) is 0 Å². The SMILES string of the molecule is CCOc1ccc(NS(=O)(=O)c2ccc(NC(=O)C3CN(S(C)(=O)=O)c4cc(Cl)ccc4O3)cc2)cc1. The smallest absolute Gasteiger partial charge is 0.267 e. The van der Waals surface area contributed by atoms with Crippen molar-refractivity contribution in [2.45, 2.75) is 17.9 Å². The highest BCUT2D eigenvalue weighted by Gasteiger charge is 2.35. The summed E-state index contributed by atoms with van der Waals surface area (Å²) in [6.45, 7) is 2.10. The Balaban J connectivity index is 1.45. The van der Waals surface area contributed by atoms with Crippen LogP contribution in [0.5, 0.6) is 11.5 Å². The average Bonchev–Trinajstić information content (AvgIpc) is 2.84. The molecule has 0 radical (unpaired) electrons. The molecule has 0 saturated carbocycles. The zero-order valence-electron chi connectivity index (χ0n) is 19.8. The molecule has 10 nitrogen and oxygen atoms in total. The maximum atomic E-state index is 12.9. The summed E-state index contributed by atoms with van der Waals surface area (Å²) >= 11 is 6.00. The number of fused-ring (bicyclic) bond motifs is 1. The summed E-state index contributed by atoms with van der Waals surface area (Å²) in [5, 5.41) is 2.96. The number of sulfonamides is 2. The molecule has 0 fully saturated rings. The van der Waals surface area contributed by atoms with Crippen molar-refractivity contribution in [1.82, 2.24) is 0 Å². The van der Waals surface area contributed by atoms with E-state index in [0.29, 0.717) is 28.8 Å². The predicted molar refractivity (Wildman–Crippen MR) is 142 cm³/mol. The van der Waals surface area contributed by atoms with E-state index < -0.39 is 32.1 Å². The van der Waals surface area contributed by atoms with Gasteiger partial charge in [0.05, 0.1) is 30.0 Å². The molecule has 1 aliphatic heterocycles. The number of halogens is 1. The number of hydrogen-bond donors (Lipinski definition) is 2. The van der Waals surface area contributed by atoms with Crippen molar-refractivity contribution in [3.8, 4) is 11.5 Å². The van der Waals surface area contributed by atoms with Crippen LogP contribution < -0.4 is 23.8 Å². The van der Waals surface area contributed by atoms with Crippen molar-refractivity contribution in [2.75, 3.05) is 33.8 Å². The maximum absolute atomic E-state index is 12.9. The zero-order chi connectivity index (χ0) is 26.8. The van der Waals surface area contributed by atoms with Gasteiger partial charge in [0, 0.05) is 16.4 Å². The number of rotatable bonds is 8. The third-order valence-corrected chi connectivity index (χ3v) is 8.11. The van der Waals surface area contributed by atoms with E-state index in [2.05, 4.69) is 10.0 Å². The number of nitrogens with one attached hydrogen (secondary N) is 2. The predicted octanol–water partition coefficient (Wildman–Crippen LogP) is 3.71. The lowest BCUT2D eigenvalue weighted by molar-refractivity contribution is -0.122. The van der Waals surface area contributed by atoms with E-state index >= 15 is 0 Å². The van der Waals surface area contributed by atoms with Gasteiger partial charge in [-0.1, -0.05) is 11.6 Å². The first-order valence-electron chi connectivity index (χ1n) is 11.1. The molecule has 2 N–H and O–H groups in total. The number of carbonyl (C=O) groups excluding carboxylic acids is 1. The lowest BCUT2D eigenvalue weighted by Gasteiger charge is -2.34. The quantitative estimate of drug-likeness (QED) is 0.425. The van der Waals surface area contributed by atoms with Gasteiger partial charge < -0.3 is 14.8 Å². The molecule has 37 heavy (non-hydrogen) atoms. The molecule has 0 saturated heterocycles. The average molecular weight is 566 g/mol. The zero-order valence-corrected chi connectivity index (χ0v) is 22.2. The minimum absolute atomic E-state index is 0.0117. The van der Waals surface area contributed by atoms with E-state index in [-0.39, 0.29) is 22.9 Å². The Morgan fingerprint density at radius 1 is 1.03 bits per heavy atom. The van der Waals surface area contributed by atoms with Crippen LogP contribution in [0, 0.1) is 0 Å². The van der Waals surface area contributed by atoms with Crippen LogP contribution in [0.25, 0.3) is 0 Å². The highest BCUT2D eigenvalue weighted by molar-refractivity contribution is 7.92. The first-order valence-corrected chi connectivity index (χ1v) is 14.8. The van der Waals surface area contributed by atoms with Gasteiger partial charge in [0.1, 0.15) is 11.5 Å². The summed E-state index contributed by atoms with van der Waals surface area (Å²) in [4.78, 5) is 12.9. The third kappa shape index (κ3) is 6.27. The standard InChI is InChI=1S/C24H24ClN3O7S2/c1-3-34-19-9-5-18(6-10-19)27-37(32,33)20-11-7-17(8-12-20)26-24(29)23-15-28(36(2,30)31)21-14-16(25)4-13-22(21)35-23/h4-14,23,27H,3,15H2,1-2H3,(H,26,29). The summed E-state index contributed by atoms with van der Waals surface area (Å²) in [6.07, 6.45) is -0.119. The van der Waals surface area contributed by atoms with Crippen molar-refractivity contribution >= 4 is 54.6 Å². The van der Waals surface area contributed by atoms with Gasteiger partial charge in [-0.2, -0.15) is 0 Å². The van der Waals surface area contributed by atoms with Crippen LogP contribution in [0.4, 0.5) is 17.1 Å². The first-order chi connectivity index (χ1) is 17.5. The molecule has 1 unspecified atom stereocenters. The Morgan fingerprint density at radius 3 is 2.30 bits per heavy atom. The van der Waals surface area contributed by atoms with E-state index in [4.69, 9.17) is 21.1 Å². The van der Waals surface area contributed by atoms with Crippen LogP contribution in [0.2, 0.25) is 5.02 Å². The fourth-order valence-corrected chi connectivity index (χ4v) is 5.75. The molecule has 4 rings (SSSR count). The largest absolute Gasteiger partial charge is 0.494 e. The fourth-order valence-electron chi connectivity index (χ4n) is 3.62. The highest BCUT2D eigenvalue weighted by Crippen LogP contribution is 2.37. The maximum Gasteiger partial charge on any atom is 0.267 e. The van der Waals surface area contributed by atoms with Gasteiger partial charge in [-0.05, 0) is 73.7 Å². The molecule has 0 spiro atoms. The van der Waals surface area contributed by atoms with E-state index in [1.54, 1.807) is 24.3 Å². The first kappa shape index (κ1) is 26.6. The van der Waals surface area contributed by atoms with Crippen molar-refractivity contribution in [2.24, 2.45) is 0 Å². The van der Waals surface area contributed by atoms with Gasteiger partial charge in [-0.25, -0.2) is 16.8 Å². The lowest BCUT2D eigenvalue weighted by Crippen LogP contribution is -2.48. The number of benzene rings is 3. The van der Waals surface area contributed by atoms with Crippen LogP contribution in [-0.2, 0) is 24.8 Å². The molecule has 0 bridgehead atoms. The molecule has 1 amide bonds. The summed E-state index contributed by atoms with van der Waals surface area (Å²) in [5.74, 6) is 0.222. The van der Waals surface area contributed by atoms with Gasteiger partial charge >= 0.3 is 0 Å². The highest BCUT2D eigenvalue weighted by atomic mass is 35.5. The number of amides is 1. The van der Waals surface area contributed by atoms with Crippen LogP contribution in [-0.4, -0.2) is 48.3 Å². The molecule has 0 aliphatic carbocycles. The normalized spacial score (nSPS) is 15.3. The molecule has 3 aromatic carbocycles. The second kappa shape index (κ2) is 10.5. The number of hydrogen-bond acceptors (Lipinski definition) is 7. The minimum Gasteiger partial charge on any atom is -0.494 e. The van der Waals surface area contributed by atoms with Gasteiger partial charge in [0.2, 0.25) is 10.0 Å². The van der Waals surface area contributed by atoms with Crippen LogP contribution >= 0.6 is 11.6 Å². The Labute approximate surface area is 220 Å². The summed E-state index contributed by atoms with van der Waals surface area (Å²) in [7, 11) is -7.59. The topological polar surface area (TPSA) is 131 Å². The third-order valence-electron chi connectivity index (χ3n) is 5.33. The summed E-state index contributed by atoms with van der Waals surface area (Å²) in [6, 6.07) is 16.5. The number of nitrogens with zero attached hydrogens (tertiary/aromatic N) is 1. The number of anilines is 3. The van der Waals surface area contributed by atoms with Gasteiger partial charge in [-0.3, -0.25) is 13.8 Å².